The van der Waals surface area contributed by atoms with Crippen molar-refractivity contribution in [3.8, 4) is 0 Å². The average Bonchev–Trinajstić information content (AvgIpc) is 2.53. The predicted octanol–water partition coefficient (Wildman–Crippen LogP) is 1.13. The number of sulfonamides is 1. The van der Waals surface area contributed by atoms with Gasteiger partial charge in [0.25, 0.3) is 0 Å². The molecular weight excluding hydrogens is 443 g/mol. The molecule has 0 saturated heterocycles. The highest BCUT2D eigenvalue weighted by molar-refractivity contribution is 14.0. The minimum Gasteiger partial charge on any atom is -0.393 e. The highest BCUT2D eigenvalue weighted by Crippen LogP contribution is 2.18. The van der Waals surface area contributed by atoms with Crippen LogP contribution in [-0.2, 0) is 10.0 Å². The molecule has 0 aliphatic heterocycles. The van der Waals surface area contributed by atoms with E-state index in [2.05, 4.69) is 15.6 Å². The van der Waals surface area contributed by atoms with Gasteiger partial charge in [0.2, 0.25) is 10.0 Å². The van der Waals surface area contributed by atoms with Crippen molar-refractivity contribution in [1.82, 2.24) is 14.9 Å². The summed E-state index contributed by atoms with van der Waals surface area (Å²) in [6.45, 7) is 5.51. The predicted molar refractivity (Wildman–Crippen MR) is 110 cm³/mol. The molecule has 1 aliphatic rings. The van der Waals surface area contributed by atoms with E-state index in [9.17, 15) is 13.5 Å². The summed E-state index contributed by atoms with van der Waals surface area (Å²) < 4.78 is 24.7. The van der Waals surface area contributed by atoms with E-state index in [4.69, 9.17) is 0 Å². The molecule has 1 aliphatic carbocycles. The van der Waals surface area contributed by atoms with Gasteiger partial charge < -0.3 is 15.7 Å². The standard InChI is InChI=1S/C15H32N4O3S.HI/c1-4-16-15(18-13-7-9-14(20)10-8-13)17-11-6-12-19(3)23(21,22)5-2;/h13-14,20H,4-12H2,1-3H3,(H2,16,17,18);1H. The highest BCUT2D eigenvalue weighted by Gasteiger charge is 2.20. The van der Waals surface area contributed by atoms with Crippen LogP contribution in [0.15, 0.2) is 4.99 Å². The first-order chi connectivity index (χ1) is 10.9. The smallest absolute Gasteiger partial charge is 0.213 e. The molecular formula is C15H33IN4O3S. The number of aliphatic hydroxyl groups excluding tert-OH is 1. The Hall–Kier alpha value is -0.130. The van der Waals surface area contributed by atoms with Gasteiger partial charge in [-0.2, -0.15) is 0 Å². The van der Waals surface area contributed by atoms with Gasteiger partial charge in [-0.3, -0.25) is 4.99 Å². The molecule has 144 valence electrons. The Labute approximate surface area is 163 Å². The lowest BCUT2D eigenvalue weighted by Crippen LogP contribution is -2.45. The van der Waals surface area contributed by atoms with Crippen LogP contribution in [-0.4, -0.2) is 68.4 Å². The van der Waals surface area contributed by atoms with E-state index in [1.165, 1.54) is 4.31 Å². The second-order valence-corrected chi connectivity index (χ2v) is 8.35. The number of halogens is 1. The van der Waals surface area contributed by atoms with Crippen LogP contribution in [0.3, 0.4) is 0 Å². The second-order valence-electron chi connectivity index (χ2n) is 5.99. The third kappa shape index (κ3) is 8.82. The minimum absolute atomic E-state index is 0. The molecule has 9 heteroatoms. The first-order valence-electron chi connectivity index (χ1n) is 8.56. The monoisotopic (exact) mass is 476 g/mol. The van der Waals surface area contributed by atoms with Crippen molar-refractivity contribution >= 4 is 40.0 Å². The molecule has 1 rings (SSSR count). The molecule has 0 amide bonds. The van der Waals surface area contributed by atoms with E-state index in [-0.39, 0.29) is 35.8 Å². The molecule has 0 unspecified atom stereocenters. The van der Waals surface area contributed by atoms with Gasteiger partial charge in [0.1, 0.15) is 0 Å². The molecule has 0 spiro atoms. The molecule has 7 nitrogen and oxygen atoms in total. The third-order valence-electron chi connectivity index (χ3n) is 4.12. The summed E-state index contributed by atoms with van der Waals surface area (Å²) in [5.74, 6) is 0.903. The van der Waals surface area contributed by atoms with Crippen LogP contribution in [0, 0.1) is 0 Å². The zero-order valence-corrected chi connectivity index (χ0v) is 18.1. The van der Waals surface area contributed by atoms with Crippen molar-refractivity contribution in [2.75, 3.05) is 32.4 Å². The summed E-state index contributed by atoms with van der Waals surface area (Å²) in [5.41, 5.74) is 0. The molecule has 0 bridgehead atoms. The van der Waals surface area contributed by atoms with Crippen LogP contribution in [0.1, 0.15) is 46.0 Å². The number of hydrogen-bond acceptors (Lipinski definition) is 4. The molecule has 1 saturated carbocycles. The highest BCUT2D eigenvalue weighted by atomic mass is 127. The number of aliphatic imine (C=N–C) groups is 1. The van der Waals surface area contributed by atoms with Crippen LogP contribution in [0.4, 0.5) is 0 Å². The Kier molecular flexibility index (Phi) is 12.2. The molecule has 1 fully saturated rings. The molecule has 3 N–H and O–H groups in total. The topological polar surface area (TPSA) is 94.0 Å². The zero-order chi connectivity index (χ0) is 17.3. The SMILES string of the molecule is CCNC(=NCCCN(C)S(=O)(=O)CC)NC1CCC(O)CC1.I. The van der Waals surface area contributed by atoms with Gasteiger partial charge >= 0.3 is 0 Å². The van der Waals surface area contributed by atoms with Gasteiger partial charge in [0, 0.05) is 32.7 Å². The largest absolute Gasteiger partial charge is 0.393 e. The van der Waals surface area contributed by atoms with Crippen molar-refractivity contribution in [1.29, 1.82) is 0 Å². The average molecular weight is 476 g/mol. The normalized spacial score (nSPS) is 22.1. The van der Waals surface area contributed by atoms with Gasteiger partial charge in [0.15, 0.2) is 5.96 Å². The van der Waals surface area contributed by atoms with Crippen molar-refractivity contribution < 1.29 is 13.5 Å². The van der Waals surface area contributed by atoms with E-state index in [1.807, 2.05) is 6.92 Å². The van der Waals surface area contributed by atoms with Gasteiger partial charge in [-0.1, -0.05) is 0 Å². The van der Waals surface area contributed by atoms with Crippen LogP contribution < -0.4 is 10.6 Å². The quantitative estimate of drug-likeness (QED) is 0.212. The lowest BCUT2D eigenvalue weighted by Gasteiger charge is -2.27. The number of nitrogens with zero attached hydrogens (tertiary/aromatic N) is 2. The summed E-state index contributed by atoms with van der Waals surface area (Å²) in [7, 11) is -1.50. The molecule has 0 aromatic rings. The summed E-state index contributed by atoms with van der Waals surface area (Å²) in [6.07, 6.45) is 4.08. The zero-order valence-electron chi connectivity index (χ0n) is 15.0. The van der Waals surface area contributed by atoms with Crippen molar-refractivity contribution in [3.63, 3.8) is 0 Å². The number of guanidine groups is 1. The first-order valence-corrected chi connectivity index (χ1v) is 10.2. The molecule has 24 heavy (non-hydrogen) atoms. The Morgan fingerprint density at radius 3 is 2.42 bits per heavy atom. The Bertz CT molecular complexity index is 465. The summed E-state index contributed by atoms with van der Waals surface area (Å²) >= 11 is 0. The number of aliphatic hydroxyl groups is 1. The van der Waals surface area contributed by atoms with Gasteiger partial charge in [-0.05, 0) is 46.0 Å². The van der Waals surface area contributed by atoms with Gasteiger partial charge in [-0.15, -0.1) is 24.0 Å². The molecule has 0 heterocycles. The maximum atomic E-state index is 11.7. The van der Waals surface area contributed by atoms with E-state index >= 15 is 0 Å². The van der Waals surface area contributed by atoms with E-state index in [0.717, 1.165) is 38.2 Å². The van der Waals surface area contributed by atoms with Crippen LogP contribution in [0.2, 0.25) is 0 Å². The molecule has 0 aromatic heterocycles. The van der Waals surface area contributed by atoms with E-state index in [0.29, 0.717) is 25.6 Å². The Balaban J connectivity index is 0.00000529. The lowest BCUT2D eigenvalue weighted by atomic mass is 9.93. The van der Waals surface area contributed by atoms with Crippen LogP contribution in [0.25, 0.3) is 0 Å². The van der Waals surface area contributed by atoms with Gasteiger partial charge in [0.05, 0.1) is 11.9 Å². The molecule has 0 aromatic carbocycles. The first kappa shape index (κ1) is 23.9. The number of rotatable bonds is 8. The maximum Gasteiger partial charge on any atom is 0.213 e. The van der Waals surface area contributed by atoms with Crippen LogP contribution >= 0.6 is 24.0 Å². The fourth-order valence-electron chi connectivity index (χ4n) is 2.58. The second kappa shape index (κ2) is 12.3. The summed E-state index contributed by atoms with van der Waals surface area (Å²) in [4.78, 5) is 4.52. The third-order valence-corrected chi connectivity index (χ3v) is 5.98. The number of hydrogen-bond donors (Lipinski definition) is 3. The minimum atomic E-state index is -3.11. The van der Waals surface area contributed by atoms with Crippen LogP contribution in [0.5, 0.6) is 0 Å². The van der Waals surface area contributed by atoms with Crippen molar-refractivity contribution in [2.24, 2.45) is 4.99 Å². The van der Waals surface area contributed by atoms with Crippen molar-refractivity contribution in [3.05, 3.63) is 0 Å². The van der Waals surface area contributed by atoms with Gasteiger partial charge in [-0.25, -0.2) is 12.7 Å². The summed E-state index contributed by atoms with van der Waals surface area (Å²) in [6, 6.07) is 0.347. The lowest BCUT2D eigenvalue weighted by molar-refractivity contribution is 0.120. The fourth-order valence-corrected chi connectivity index (χ4v) is 3.43. The molecule has 0 atom stereocenters. The van der Waals surface area contributed by atoms with E-state index < -0.39 is 10.0 Å². The van der Waals surface area contributed by atoms with E-state index in [1.54, 1.807) is 14.0 Å². The number of nitrogens with one attached hydrogen (secondary N) is 2. The Morgan fingerprint density at radius 1 is 1.25 bits per heavy atom. The maximum absolute atomic E-state index is 11.7. The summed E-state index contributed by atoms with van der Waals surface area (Å²) in [5, 5.41) is 16.2. The fraction of sp³-hybridized carbons (Fsp3) is 0.933. The van der Waals surface area contributed by atoms with Crippen molar-refractivity contribution in [2.45, 2.75) is 58.1 Å². The Morgan fingerprint density at radius 2 is 1.88 bits per heavy atom. The molecule has 0 radical (unpaired) electrons.